The number of imide groups is 1. The van der Waals surface area contributed by atoms with Crippen LogP contribution in [0.15, 0.2) is 57.9 Å². The number of ether oxygens (including phenoxy) is 2. The molecule has 0 radical (unpaired) electrons. The Kier molecular flexibility index (Phi) is 9.60. The molecular formula is C30H28BrClN2O5S. The summed E-state index contributed by atoms with van der Waals surface area (Å²) in [4.78, 5) is 39.7. The minimum atomic E-state index is -0.532. The molecular weight excluding hydrogens is 616 g/mol. The lowest BCUT2D eigenvalue weighted by Crippen LogP contribution is -2.36. The second-order valence-electron chi connectivity index (χ2n) is 9.23. The van der Waals surface area contributed by atoms with Crippen LogP contribution in [0.3, 0.4) is 0 Å². The first-order valence-corrected chi connectivity index (χ1v) is 14.5. The van der Waals surface area contributed by atoms with Crippen molar-refractivity contribution in [3.63, 3.8) is 0 Å². The Morgan fingerprint density at radius 2 is 1.77 bits per heavy atom. The molecule has 10 heteroatoms. The fourth-order valence-electron chi connectivity index (χ4n) is 4.33. The summed E-state index contributed by atoms with van der Waals surface area (Å²) < 4.78 is 12.4. The summed E-state index contributed by atoms with van der Waals surface area (Å²) in [6.07, 6.45) is 1.60. The molecule has 0 spiro atoms. The van der Waals surface area contributed by atoms with Gasteiger partial charge in [-0.25, -0.2) is 0 Å². The van der Waals surface area contributed by atoms with Crippen molar-refractivity contribution in [1.82, 2.24) is 4.90 Å². The zero-order valence-corrected chi connectivity index (χ0v) is 25.6. The number of hydrogen-bond donors (Lipinski definition) is 1. The van der Waals surface area contributed by atoms with E-state index in [9.17, 15) is 14.4 Å². The smallest absolute Gasteiger partial charge is 0.294 e. The average Bonchev–Trinajstić information content (AvgIpc) is 3.14. The van der Waals surface area contributed by atoms with Gasteiger partial charge in [0.05, 0.1) is 16.0 Å². The molecule has 3 aromatic rings. The maximum absolute atomic E-state index is 13.1. The Morgan fingerprint density at radius 3 is 2.45 bits per heavy atom. The molecule has 1 aliphatic rings. The number of aryl methyl sites for hydroxylation is 3. The summed E-state index contributed by atoms with van der Waals surface area (Å²) >= 11 is 10.6. The number of benzene rings is 3. The minimum absolute atomic E-state index is 0.208. The highest BCUT2D eigenvalue weighted by atomic mass is 79.9. The van der Waals surface area contributed by atoms with Crippen LogP contribution in [0.4, 0.5) is 10.5 Å². The number of amides is 3. The number of carbonyl (C=O) groups excluding carboxylic acids is 3. The van der Waals surface area contributed by atoms with E-state index in [1.54, 1.807) is 24.3 Å². The van der Waals surface area contributed by atoms with E-state index >= 15 is 0 Å². The summed E-state index contributed by atoms with van der Waals surface area (Å²) in [6, 6.07) is 14.8. The predicted molar refractivity (Wildman–Crippen MR) is 163 cm³/mol. The zero-order valence-electron chi connectivity index (χ0n) is 22.5. The van der Waals surface area contributed by atoms with Crippen LogP contribution < -0.4 is 14.8 Å². The van der Waals surface area contributed by atoms with E-state index in [0.29, 0.717) is 38.9 Å². The Hall–Kier alpha value is -3.27. The number of carbonyl (C=O) groups is 3. The highest BCUT2D eigenvalue weighted by Crippen LogP contribution is 2.40. The van der Waals surface area contributed by atoms with Gasteiger partial charge in [-0.05, 0) is 96.4 Å². The first-order valence-electron chi connectivity index (χ1n) is 12.5. The van der Waals surface area contributed by atoms with Crippen LogP contribution in [0.2, 0.25) is 5.02 Å². The Bertz CT molecular complexity index is 1500. The lowest BCUT2D eigenvalue weighted by atomic mass is 10.1. The standard InChI is InChI=1S/C30H28BrClN2O5S/c1-5-38-24-13-20(12-22(31)28(24)39-16-21-8-6-7-9-23(21)32)14-25-29(36)34(30(37)40-25)15-26(35)33-27-18(3)10-17(2)11-19(27)4/h6-14H,5,15-16H2,1-4H3,(H,33,35)/b25-14+. The average molecular weight is 644 g/mol. The molecule has 7 nitrogen and oxygen atoms in total. The van der Waals surface area contributed by atoms with Crippen molar-refractivity contribution < 1.29 is 23.9 Å². The van der Waals surface area contributed by atoms with Gasteiger partial charge in [-0.1, -0.05) is 47.5 Å². The molecule has 0 unspecified atom stereocenters. The number of rotatable bonds is 9. The van der Waals surface area contributed by atoms with Gasteiger partial charge in [-0.2, -0.15) is 0 Å². The SMILES string of the molecule is CCOc1cc(/C=C2/SC(=O)N(CC(=O)Nc3c(C)cc(C)cc3C)C2=O)cc(Br)c1OCc1ccccc1Cl. The summed E-state index contributed by atoms with van der Waals surface area (Å²) in [5.74, 6) is -0.0151. The normalized spacial score (nSPS) is 14.2. The summed E-state index contributed by atoms with van der Waals surface area (Å²) in [6.45, 7) is 7.89. The van der Waals surface area contributed by atoms with Crippen LogP contribution in [0.25, 0.3) is 6.08 Å². The molecule has 4 rings (SSSR count). The Labute approximate surface area is 251 Å². The van der Waals surface area contributed by atoms with Crippen molar-refractivity contribution in [2.75, 3.05) is 18.5 Å². The highest BCUT2D eigenvalue weighted by Gasteiger charge is 2.36. The quantitative estimate of drug-likeness (QED) is 0.241. The molecule has 40 heavy (non-hydrogen) atoms. The first kappa shape index (κ1) is 29.7. The van der Waals surface area contributed by atoms with Crippen molar-refractivity contribution in [3.8, 4) is 11.5 Å². The molecule has 0 aliphatic carbocycles. The van der Waals surface area contributed by atoms with Gasteiger partial charge in [0.15, 0.2) is 11.5 Å². The molecule has 3 aromatic carbocycles. The van der Waals surface area contributed by atoms with Crippen molar-refractivity contribution >= 4 is 68.1 Å². The first-order chi connectivity index (χ1) is 19.1. The molecule has 1 N–H and O–H groups in total. The number of anilines is 1. The van der Waals surface area contributed by atoms with E-state index in [1.165, 1.54) is 0 Å². The second-order valence-corrected chi connectivity index (χ2v) is 11.5. The molecule has 0 aromatic heterocycles. The fourth-order valence-corrected chi connectivity index (χ4v) is 5.93. The summed E-state index contributed by atoms with van der Waals surface area (Å²) in [5, 5.41) is 2.93. The maximum atomic E-state index is 13.1. The Morgan fingerprint density at radius 1 is 1.07 bits per heavy atom. The van der Waals surface area contributed by atoms with E-state index in [1.807, 2.05) is 58.0 Å². The van der Waals surface area contributed by atoms with Crippen molar-refractivity contribution in [2.45, 2.75) is 34.3 Å². The molecule has 0 atom stereocenters. The van der Waals surface area contributed by atoms with Crippen LogP contribution in [0.5, 0.6) is 11.5 Å². The van der Waals surface area contributed by atoms with E-state index < -0.39 is 17.1 Å². The highest BCUT2D eigenvalue weighted by molar-refractivity contribution is 9.10. The molecule has 1 heterocycles. The van der Waals surface area contributed by atoms with Gasteiger partial charge in [0.1, 0.15) is 13.2 Å². The van der Waals surface area contributed by atoms with E-state index in [2.05, 4.69) is 21.2 Å². The zero-order chi connectivity index (χ0) is 29.0. The minimum Gasteiger partial charge on any atom is -0.490 e. The third kappa shape index (κ3) is 6.89. The number of hydrogen-bond acceptors (Lipinski definition) is 6. The van der Waals surface area contributed by atoms with Gasteiger partial charge in [-0.15, -0.1) is 0 Å². The largest absolute Gasteiger partial charge is 0.490 e. The molecule has 1 fully saturated rings. The van der Waals surface area contributed by atoms with Crippen LogP contribution in [0, 0.1) is 20.8 Å². The van der Waals surface area contributed by atoms with Crippen LogP contribution in [0.1, 0.15) is 34.7 Å². The lowest BCUT2D eigenvalue weighted by molar-refractivity contribution is -0.127. The molecule has 208 valence electrons. The monoisotopic (exact) mass is 642 g/mol. The number of halogens is 2. The molecule has 1 saturated heterocycles. The summed E-state index contributed by atoms with van der Waals surface area (Å²) in [7, 11) is 0. The molecule has 3 amide bonds. The van der Waals surface area contributed by atoms with Gasteiger partial charge in [0.25, 0.3) is 11.1 Å². The number of thioether (sulfide) groups is 1. The van der Waals surface area contributed by atoms with E-state index in [-0.39, 0.29) is 18.1 Å². The van der Waals surface area contributed by atoms with Crippen molar-refractivity contribution in [2.24, 2.45) is 0 Å². The topological polar surface area (TPSA) is 84.9 Å². The van der Waals surface area contributed by atoms with Crippen LogP contribution >= 0.6 is 39.3 Å². The van der Waals surface area contributed by atoms with Gasteiger partial charge < -0.3 is 14.8 Å². The molecule has 0 bridgehead atoms. The molecule has 1 aliphatic heterocycles. The van der Waals surface area contributed by atoms with Gasteiger partial charge >= 0.3 is 0 Å². The maximum Gasteiger partial charge on any atom is 0.294 e. The van der Waals surface area contributed by atoms with Crippen LogP contribution in [-0.4, -0.2) is 35.1 Å². The third-order valence-electron chi connectivity index (χ3n) is 6.08. The number of nitrogens with one attached hydrogen (secondary N) is 1. The fraction of sp³-hybridized carbons (Fsp3) is 0.233. The molecule has 0 saturated carbocycles. The van der Waals surface area contributed by atoms with Gasteiger partial charge in [0, 0.05) is 16.3 Å². The number of nitrogens with zero attached hydrogens (tertiary/aromatic N) is 1. The van der Waals surface area contributed by atoms with Gasteiger partial charge in [-0.3, -0.25) is 19.3 Å². The van der Waals surface area contributed by atoms with Gasteiger partial charge in [0.2, 0.25) is 5.91 Å². The third-order valence-corrected chi connectivity index (χ3v) is 7.94. The van der Waals surface area contributed by atoms with Crippen LogP contribution in [-0.2, 0) is 16.2 Å². The second kappa shape index (κ2) is 12.9. The summed E-state index contributed by atoms with van der Waals surface area (Å²) in [5.41, 5.74) is 5.05. The van der Waals surface area contributed by atoms with Crippen molar-refractivity contribution in [1.29, 1.82) is 0 Å². The predicted octanol–water partition coefficient (Wildman–Crippen LogP) is 7.68. The van der Waals surface area contributed by atoms with E-state index in [0.717, 1.165) is 38.9 Å². The van der Waals surface area contributed by atoms with Crippen molar-refractivity contribution in [3.05, 3.63) is 90.7 Å². The lowest BCUT2D eigenvalue weighted by Gasteiger charge is -2.16. The Balaban J connectivity index is 1.50. The van der Waals surface area contributed by atoms with E-state index in [4.69, 9.17) is 21.1 Å².